The standard InChI is InChI=1S/C22H20F2N2O/c1-26(15-16-7-9-18(23)10-8-16)21(17-5-3-2-4-6-17)22(27)25-20-13-11-19(24)12-14-20/h2-14,21H,15H2,1H3,(H,25,27)/p+1/t21-/m1/s1. The molecule has 0 fully saturated rings. The van der Waals surface area contributed by atoms with E-state index in [0.29, 0.717) is 12.2 Å². The van der Waals surface area contributed by atoms with Crippen molar-refractivity contribution in [2.75, 3.05) is 12.4 Å². The van der Waals surface area contributed by atoms with Crippen LogP contribution in [0.5, 0.6) is 0 Å². The van der Waals surface area contributed by atoms with Crippen molar-refractivity contribution < 1.29 is 18.5 Å². The van der Waals surface area contributed by atoms with Crippen LogP contribution in [0.2, 0.25) is 0 Å². The van der Waals surface area contributed by atoms with Crippen LogP contribution in [0.25, 0.3) is 0 Å². The zero-order chi connectivity index (χ0) is 19.2. The maximum atomic E-state index is 13.1. The molecule has 0 aliphatic heterocycles. The SMILES string of the molecule is C[NH+](Cc1ccc(F)cc1)[C@@H](C(=O)Nc1ccc(F)cc1)c1ccccc1. The molecule has 0 heterocycles. The minimum atomic E-state index is -0.471. The van der Waals surface area contributed by atoms with E-state index in [9.17, 15) is 13.6 Å². The van der Waals surface area contributed by atoms with Crippen LogP contribution in [-0.2, 0) is 11.3 Å². The summed E-state index contributed by atoms with van der Waals surface area (Å²) in [7, 11) is 1.92. The van der Waals surface area contributed by atoms with Gasteiger partial charge in [-0.15, -0.1) is 0 Å². The first kappa shape index (κ1) is 18.7. The quantitative estimate of drug-likeness (QED) is 0.688. The second-order valence-electron chi connectivity index (χ2n) is 6.49. The number of nitrogens with one attached hydrogen (secondary N) is 2. The van der Waals surface area contributed by atoms with E-state index < -0.39 is 6.04 Å². The Morgan fingerprint density at radius 1 is 0.889 bits per heavy atom. The monoisotopic (exact) mass is 367 g/mol. The molecule has 0 bridgehead atoms. The lowest BCUT2D eigenvalue weighted by Crippen LogP contribution is -3.09. The molecule has 2 atom stereocenters. The van der Waals surface area contributed by atoms with E-state index in [2.05, 4.69) is 5.32 Å². The van der Waals surface area contributed by atoms with Gasteiger partial charge in [0.25, 0.3) is 5.91 Å². The number of rotatable bonds is 6. The molecular weight excluding hydrogens is 346 g/mol. The van der Waals surface area contributed by atoms with Gasteiger partial charge in [-0.05, 0) is 36.4 Å². The lowest BCUT2D eigenvalue weighted by Gasteiger charge is -2.25. The third-order valence-electron chi connectivity index (χ3n) is 4.40. The Kier molecular flexibility index (Phi) is 5.94. The largest absolute Gasteiger partial charge is 0.321 e. The van der Waals surface area contributed by atoms with E-state index in [1.807, 2.05) is 37.4 Å². The Bertz CT molecular complexity index is 880. The molecule has 1 unspecified atom stereocenters. The summed E-state index contributed by atoms with van der Waals surface area (Å²) < 4.78 is 26.3. The average Bonchev–Trinajstić information content (AvgIpc) is 2.66. The summed E-state index contributed by atoms with van der Waals surface area (Å²) in [6.45, 7) is 0.552. The summed E-state index contributed by atoms with van der Waals surface area (Å²) in [6.07, 6.45) is 0. The third kappa shape index (κ3) is 4.99. The molecule has 3 rings (SSSR count). The van der Waals surface area contributed by atoms with Crippen LogP contribution < -0.4 is 10.2 Å². The van der Waals surface area contributed by atoms with Gasteiger partial charge in [-0.3, -0.25) is 4.79 Å². The lowest BCUT2D eigenvalue weighted by atomic mass is 10.0. The fourth-order valence-corrected chi connectivity index (χ4v) is 3.08. The van der Waals surface area contributed by atoms with E-state index in [1.54, 1.807) is 12.1 Å². The molecule has 3 aromatic carbocycles. The molecule has 2 N–H and O–H groups in total. The van der Waals surface area contributed by atoms with Gasteiger partial charge in [-0.2, -0.15) is 0 Å². The number of carbonyl (C=O) groups is 1. The highest BCUT2D eigenvalue weighted by molar-refractivity contribution is 5.94. The highest BCUT2D eigenvalue weighted by atomic mass is 19.1. The number of benzene rings is 3. The Morgan fingerprint density at radius 2 is 1.44 bits per heavy atom. The summed E-state index contributed by atoms with van der Waals surface area (Å²) in [5.41, 5.74) is 2.35. The minimum Gasteiger partial charge on any atom is -0.321 e. The Hall–Kier alpha value is -3.05. The molecule has 138 valence electrons. The number of quaternary nitrogens is 1. The van der Waals surface area contributed by atoms with E-state index in [-0.39, 0.29) is 17.5 Å². The van der Waals surface area contributed by atoms with Crippen LogP contribution in [0.4, 0.5) is 14.5 Å². The first-order valence-electron chi connectivity index (χ1n) is 8.71. The van der Waals surface area contributed by atoms with Crippen molar-refractivity contribution in [3.8, 4) is 0 Å². The zero-order valence-electron chi connectivity index (χ0n) is 15.0. The fraction of sp³-hybridized carbons (Fsp3) is 0.136. The maximum Gasteiger partial charge on any atom is 0.287 e. The van der Waals surface area contributed by atoms with Crippen LogP contribution in [0.3, 0.4) is 0 Å². The second kappa shape index (κ2) is 8.56. The summed E-state index contributed by atoms with van der Waals surface area (Å²) >= 11 is 0. The first-order chi connectivity index (χ1) is 13.0. The van der Waals surface area contributed by atoms with E-state index in [1.165, 1.54) is 36.4 Å². The number of hydrogen-bond donors (Lipinski definition) is 2. The van der Waals surface area contributed by atoms with Crippen molar-refractivity contribution in [2.24, 2.45) is 0 Å². The van der Waals surface area contributed by atoms with Gasteiger partial charge in [0.15, 0.2) is 6.04 Å². The molecule has 0 saturated heterocycles. The number of likely N-dealkylation sites (N-methyl/N-ethyl adjacent to an activating group) is 1. The average molecular weight is 367 g/mol. The summed E-state index contributed by atoms with van der Waals surface area (Å²) in [5.74, 6) is -0.829. The third-order valence-corrected chi connectivity index (χ3v) is 4.40. The molecule has 0 aliphatic carbocycles. The van der Waals surface area contributed by atoms with Gasteiger partial charge in [0.2, 0.25) is 0 Å². The smallest absolute Gasteiger partial charge is 0.287 e. The zero-order valence-corrected chi connectivity index (χ0v) is 15.0. The molecule has 0 spiro atoms. The van der Waals surface area contributed by atoms with Gasteiger partial charge in [-0.25, -0.2) is 8.78 Å². The predicted molar refractivity (Wildman–Crippen MR) is 101 cm³/mol. The highest BCUT2D eigenvalue weighted by Gasteiger charge is 2.29. The van der Waals surface area contributed by atoms with Crippen LogP contribution in [0.15, 0.2) is 78.9 Å². The van der Waals surface area contributed by atoms with Crippen LogP contribution >= 0.6 is 0 Å². The molecule has 1 amide bonds. The molecule has 5 heteroatoms. The fourth-order valence-electron chi connectivity index (χ4n) is 3.08. The Labute approximate surface area is 157 Å². The molecule has 0 radical (unpaired) electrons. The van der Waals surface area contributed by atoms with Crippen molar-refractivity contribution in [2.45, 2.75) is 12.6 Å². The number of amides is 1. The summed E-state index contributed by atoms with van der Waals surface area (Å²) in [5, 5.41) is 2.86. The van der Waals surface area contributed by atoms with Crippen molar-refractivity contribution >= 4 is 11.6 Å². The Morgan fingerprint density at radius 3 is 2.04 bits per heavy atom. The van der Waals surface area contributed by atoms with E-state index in [0.717, 1.165) is 16.0 Å². The van der Waals surface area contributed by atoms with Gasteiger partial charge in [0, 0.05) is 16.8 Å². The van der Waals surface area contributed by atoms with Crippen molar-refractivity contribution in [1.29, 1.82) is 0 Å². The number of carbonyl (C=O) groups excluding carboxylic acids is 1. The van der Waals surface area contributed by atoms with Gasteiger partial charge in [0.05, 0.1) is 7.05 Å². The van der Waals surface area contributed by atoms with Crippen LogP contribution in [-0.4, -0.2) is 13.0 Å². The molecular formula is C22H21F2N2O+. The maximum absolute atomic E-state index is 13.1. The molecule has 3 nitrogen and oxygen atoms in total. The van der Waals surface area contributed by atoms with Gasteiger partial charge in [0.1, 0.15) is 18.2 Å². The van der Waals surface area contributed by atoms with Gasteiger partial charge < -0.3 is 10.2 Å². The normalized spacial score (nSPS) is 13.0. The summed E-state index contributed by atoms with van der Waals surface area (Å²) in [6, 6.07) is 21.0. The summed E-state index contributed by atoms with van der Waals surface area (Å²) in [4.78, 5) is 13.9. The van der Waals surface area contributed by atoms with Gasteiger partial charge >= 0.3 is 0 Å². The molecule has 0 aliphatic rings. The topological polar surface area (TPSA) is 33.5 Å². The molecule has 0 saturated carbocycles. The lowest BCUT2D eigenvalue weighted by molar-refractivity contribution is -0.915. The number of anilines is 1. The van der Waals surface area contributed by atoms with Gasteiger partial charge in [-0.1, -0.05) is 42.5 Å². The number of hydrogen-bond acceptors (Lipinski definition) is 1. The first-order valence-corrected chi connectivity index (χ1v) is 8.71. The molecule has 3 aromatic rings. The molecule has 0 aromatic heterocycles. The second-order valence-corrected chi connectivity index (χ2v) is 6.49. The van der Waals surface area contributed by atoms with Crippen molar-refractivity contribution in [1.82, 2.24) is 0 Å². The van der Waals surface area contributed by atoms with Crippen molar-refractivity contribution in [3.63, 3.8) is 0 Å². The van der Waals surface area contributed by atoms with Crippen LogP contribution in [0.1, 0.15) is 17.2 Å². The molecule has 27 heavy (non-hydrogen) atoms. The minimum absolute atomic E-state index is 0.188. The van der Waals surface area contributed by atoms with E-state index in [4.69, 9.17) is 0 Å². The van der Waals surface area contributed by atoms with E-state index >= 15 is 0 Å². The van der Waals surface area contributed by atoms with Crippen molar-refractivity contribution in [3.05, 3.63) is 102 Å². The predicted octanol–water partition coefficient (Wildman–Crippen LogP) is 3.36. The number of halogens is 2. The Balaban J connectivity index is 1.82. The highest BCUT2D eigenvalue weighted by Crippen LogP contribution is 2.15. The van der Waals surface area contributed by atoms with Crippen LogP contribution in [0, 0.1) is 11.6 Å².